The van der Waals surface area contributed by atoms with E-state index in [1.807, 2.05) is 14.1 Å². The summed E-state index contributed by atoms with van der Waals surface area (Å²) in [6, 6.07) is 4.59. The fourth-order valence-electron chi connectivity index (χ4n) is 5.20. The van der Waals surface area contributed by atoms with E-state index in [1.54, 1.807) is 6.07 Å². The van der Waals surface area contributed by atoms with Crippen LogP contribution in [0.15, 0.2) is 18.2 Å². The maximum atomic E-state index is 14.0. The molecule has 23 heavy (non-hydrogen) atoms. The topological polar surface area (TPSA) is 32.7 Å². The van der Waals surface area contributed by atoms with Crippen LogP contribution < -0.4 is 4.74 Å². The molecule has 4 unspecified atom stereocenters. The van der Waals surface area contributed by atoms with Crippen molar-refractivity contribution in [3.63, 3.8) is 0 Å². The van der Waals surface area contributed by atoms with Crippen LogP contribution in [0, 0.1) is 17.2 Å². The summed E-state index contributed by atoms with van der Waals surface area (Å²) in [4.78, 5) is 2.11. The second kappa shape index (κ2) is 6.23. The van der Waals surface area contributed by atoms with Crippen molar-refractivity contribution >= 4 is 12.4 Å². The Kier molecular flexibility index (Phi) is 5.01. The predicted molar refractivity (Wildman–Crippen MR) is 91.6 cm³/mol. The molecule has 0 heterocycles. The van der Waals surface area contributed by atoms with Crippen LogP contribution in [0.1, 0.15) is 38.2 Å². The zero-order valence-corrected chi connectivity index (χ0v) is 15.1. The van der Waals surface area contributed by atoms with Gasteiger partial charge < -0.3 is 14.7 Å². The minimum Gasteiger partial charge on any atom is -0.497 e. The molecule has 0 spiro atoms. The lowest BCUT2D eigenvalue weighted by Gasteiger charge is -2.52. The number of fused-ring (bicyclic) bond motifs is 2. The molecule has 0 aromatic heterocycles. The van der Waals surface area contributed by atoms with Crippen molar-refractivity contribution in [1.29, 1.82) is 0 Å². The molecule has 130 valence electrons. The quantitative estimate of drug-likeness (QED) is 0.910. The highest BCUT2D eigenvalue weighted by Gasteiger charge is 2.58. The molecule has 4 atom stereocenters. The van der Waals surface area contributed by atoms with Gasteiger partial charge >= 0.3 is 0 Å². The van der Waals surface area contributed by atoms with Crippen LogP contribution in [-0.2, 0) is 5.60 Å². The Morgan fingerprint density at radius 1 is 1.26 bits per heavy atom. The van der Waals surface area contributed by atoms with Gasteiger partial charge in [0.1, 0.15) is 17.2 Å². The van der Waals surface area contributed by atoms with E-state index in [2.05, 4.69) is 11.8 Å². The van der Waals surface area contributed by atoms with Gasteiger partial charge in [0.25, 0.3) is 0 Å². The van der Waals surface area contributed by atoms with Gasteiger partial charge in [-0.3, -0.25) is 0 Å². The molecule has 1 aromatic carbocycles. The summed E-state index contributed by atoms with van der Waals surface area (Å²) >= 11 is 0. The van der Waals surface area contributed by atoms with Crippen LogP contribution in [0.25, 0.3) is 0 Å². The monoisotopic (exact) mass is 343 g/mol. The molecule has 2 aliphatic carbocycles. The normalized spacial score (nSPS) is 36.0. The van der Waals surface area contributed by atoms with Crippen molar-refractivity contribution in [2.45, 2.75) is 44.2 Å². The molecule has 0 saturated heterocycles. The van der Waals surface area contributed by atoms with E-state index < -0.39 is 5.60 Å². The molecule has 1 aromatic rings. The SMILES string of the molecule is COc1cc(F)cc(C2(O)CC3CCC(C)(C3)C2N(C)C)c1.Cl. The number of benzene rings is 1. The summed E-state index contributed by atoms with van der Waals surface area (Å²) in [5, 5.41) is 11.6. The molecule has 2 aliphatic rings. The number of halogens is 2. The highest BCUT2D eigenvalue weighted by atomic mass is 35.5. The first kappa shape index (κ1) is 18.5. The highest BCUT2D eigenvalue weighted by molar-refractivity contribution is 5.85. The molecule has 0 aliphatic heterocycles. The Balaban J connectivity index is 0.00000192. The Labute approximate surface area is 144 Å². The minimum absolute atomic E-state index is 0. The van der Waals surface area contributed by atoms with Crippen LogP contribution >= 0.6 is 12.4 Å². The standard InChI is InChI=1S/C18H26FNO2.ClH/c1-17-6-5-12(10-17)11-18(21,16(17)20(2)3)13-7-14(19)9-15(8-13)22-4;/h7-9,12,16,21H,5-6,10-11H2,1-4H3;1H. The third kappa shape index (κ3) is 2.97. The first-order valence-electron chi connectivity index (χ1n) is 8.02. The maximum absolute atomic E-state index is 14.0. The molecular weight excluding hydrogens is 317 g/mol. The van der Waals surface area contributed by atoms with Crippen LogP contribution in [0.3, 0.4) is 0 Å². The molecule has 5 heteroatoms. The number of aliphatic hydroxyl groups is 1. The van der Waals surface area contributed by atoms with E-state index in [0.717, 1.165) is 19.3 Å². The number of hydrogen-bond donors (Lipinski definition) is 1. The molecule has 3 rings (SSSR count). The van der Waals surface area contributed by atoms with E-state index in [-0.39, 0.29) is 29.7 Å². The van der Waals surface area contributed by atoms with Gasteiger partial charge in [0.05, 0.1) is 7.11 Å². The average molecular weight is 344 g/mol. The van der Waals surface area contributed by atoms with Gasteiger partial charge in [0, 0.05) is 12.1 Å². The first-order valence-corrected chi connectivity index (χ1v) is 8.02. The third-order valence-electron chi connectivity index (χ3n) is 5.71. The molecule has 1 N–H and O–H groups in total. The summed E-state index contributed by atoms with van der Waals surface area (Å²) in [5.74, 6) is 0.618. The van der Waals surface area contributed by atoms with Gasteiger partial charge in [-0.1, -0.05) is 6.92 Å². The average Bonchev–Trinajstić information content (AvgIpc) is 2.73. The molecular formula is C18H27ClFNO2. The number of ether oxygens (including phenoxy) is 1. The lowest BCUT2D eigenvalue weighted by atomic mass is 9.62. The van der Waals surface area contributed by atoms with Crippen molar-refractivity contribution in [3.05, 3.63) is 29.6 Å². The summed E-state index contributed by atoms with van der Waals surface area (Å²) in [6.45, 7) is 2.26. The van der Waals surface area contributed by atoms with Gasteiger partial charge in [0.15, 0.2) is 0 Å². The van der Waals surface area contributed by atoms with E-state index in [0.29, 0.717) is 23.7 Å². The van der Waals surface area contributed by atoms with E-state index in [4.69, 9.17) is 4.74 Å². The Bertz CT molecular complexity index is 582. The van der Waals surface area contributed by atoms with Gasteiger partial charge in [-0.25, -0.2) is 4.39 Å². The molecule has 0 radical (unpaired) electrons. The third-order valence-corrected chi connectivity index (χ3v) is 5.71. The summed E-state index contributed by atoms with van der Waals surface area (Å²) in [6.07, 6.45) is 4.10. The van der Waals surface area contributed by atoms with Crippen molar-refractivity contribution in [3.8, 4) is 5.75 Å². The number of rotatable bonds is 3. The van der Waals surface area contributed by atoms with Gasteiger partial charge in [0.2, 0.25) is 0 Å². The van der Waals surface area contributed by atoms with Crippen LogP contribution in [0.5, 0.6) is 5.75 Å². The van der Waals surface area contributed by atoms with E-state index >= 15 is 0 Å². The molecule has 3 nitrogen and oxygen atoms in total. The minimum atomic E-state index is -1.03. The molecule has 2 fully saturated rings. The number of hydrogen-bond acceptors (Lipinski definition) is 3. The fourth-order valence-corrected chi connectivity index (χ4v) is 5.20. The predicted octanol–water partition coefficient (Wildman–Crippen LogP) is 3.58. The fraction of sp³-hybridized carbons (Fsp3) is 0.667. The van der Waals surface area contributed by atoms with E-state index in [1.165, 1.54) is 19.2 Å². The Morgan fingerprint density at radius 2 is 1.96 bits per heavy atom. The van der Waals surface area contributed by atoms with Crippen LogP contribution in [-0.4, -0.2) is 37.3 Å². The lowest BCUT2D eigenvalue weighted by Crippen LogP contribution is -2.58. The smallest absolute Gasteiger partial charge is 0.127 e. The first-order chi connectivity index (χ1) is 10.3. The molecule has 2 saturated carbocycles. The maximum Gasteiger partial charge on any atom is 0.127 e. The Morgan fingerprint density at radius 3 is 2.57 bits per heavy atom. The molecule has 2 bridgehead atoms. The van der Waals surface area contributed by atoms with Crippen LogP contribution in [0.2, 0.25) is 0 Å². The van der Waals surface area contributed by atoms with Crippen LogP contribution in [0.4, 0.5) is 4.39 Å². The number of likely N-dealkylation sites (N-methyl/N-ethyl adjacent to an activating group) is 1. The zero-order chi connectivity index (χ0) is 16.1. The van der Waals surface area contributed by atoms with E-state index in [9.17, 15) is 9.50 Å². The second-order valence-electron chi connectivity index (χ2n) is 7.64. The summed E-state index contributed by atoms with van der Waals surface area (Å²) in [7, 11) is 5.55. The second-order valence-corrected chi connectivity index (χ2v) is 7.64. The van der Waals surface area contributed by atoms with Crippen molar-refractivity contribution in [1.82, 2.24) is 4.90 Å². The van der Waals surface area contributed by atoms with Gasteiger partial charge in [-0.15, -0.1) is 12.4 Å². The number of nitrogens with zero attached hydrogens (tertiary/aromatic N) is 1. The highest BCUT2D eigenvalue weighted by Crippen LogP contribution is 2.58. The summed E-state index contributed by atoms with van der Waals surface area (Å²) in [5.41, 5.74) is -0.325. The lowest BCUT2D eigenvalue weighted by molar-refractivity contribution is -0.121. The summed E-state index contributed by atoms with van der Waals surface area (Å²) < 4.78 is 19.2. The van der Waals surface area contributed by atoms with Crippen molar-refractivity contribution in [2.24, 2.45) is 11.3 Å². The number of methoxy groups -OCH3 is 1. The zero-order valence-electron chi connectivity index (χ0n) is 14.3. The van der Waals surface area contributed by atoms with Crippen molar-refractivity contribution in [2.75, 3.05) is 21.2 Å². The molecule has 0 amide bonds. The Hall–Kier alpha value is -0.840. The largest absolute Gasteiger partial charge is 0.497 e. The van der Waals surface area contributed by atoms with Gasteiger partial charge in [-0.2, -0.15) is 0 Å². The van der Waals surface area contributed by atoms with Crippen molar-refractivity contribution < 1.29 is 14.2 Å². The van der Waals surface area contributed by atoms with Gasteiger partial charge in [-0.05, 0) is 68.8 Å².